The molecule has 0 aliphatic carbocycles. The minimum absolute atomic E-state index is 0.0616. The zero-order valence-electron chi connectivity index (χ0n) is 9.91. The van der Waals surface area contributed by atoms with Crippen molar-refractivity contribution in [3.8, 4) is 5.75 Å². The number of ether oxygens (including phenoxy) is 2. The summed E-state index contributed by atoms with van der Waals surface area (Å²) in [5, 5.41) is 11.8. The van der Waals surface area contributed by atoms with E-state index in [1.54, 1.807) is 13.2 Å². The van der Waals surface area contributed by atoms with Gasteiger partial charge in [0.1, 0.15) is 18.2 Å². The Morgan fingerprint density at radius 3 is 2.88 bits per heavy atom. The van der Waals surface area contributed by atoms with Gasteiger partial charge in [-0.15, -0.1) is 0 Å². The van der Waals surface area contributed by atoms with Crippen LogP contribution >= 0.6 is 0 Å². The summed E-state index contributed by atoms with van der Waals surface area (Å²) in [4.78, 5) is 0. The van der Waals surface area contributed by atoms with Gasteiger partial charge in [-0.05, 0) is 18.2 Å². The lowest BCUT2D eigenvalue weighted by atomic mass is 10.2. The number of methoxy groups -OCH3 is 1. The van der Waals surface area contributed by atoms with Gasteiger partial charge in [-0.3, -0.25) is 0 Å². The highest BCUT2D eigenvalue weighted by atomic mass is 19.1. The van der Waals surface area contributed by atoms with Crippen molar-refractivity contribution in [3.05, 3.63) is 29.6 Å². The number of aliphatic hydroxyl groups is 1. The summed E-state index contributed by atoms with van der Waals surface area (Å²) in [5.41, 5.74) is 0.731. The number of benzene rings is 1. The van der Waals surface area contributed by atoms with Crippen LogP contribution < -0.4 is 10.1 Å². The Labute approximate surface area is 100 Å². The maximum Gasteiger partial charge on any atom is 0.124 e. The molecule has 17 heavy (non-hydrogen) atoms. The molecule has 0 saturated carbocycles. The van der Waals surface area contributed by atoms with Crippen LogP contribution in [-0.4, -0.2) is 38.6 Å². The first-order chi connectivity index (χ1) is 8.27. The molecule has 0 aliphatic heterocycles. The second-order valence-electron chi connectivity index (χ2n) is 3.49. The van der Waals surface area contributed by atoms with E-state index in [1.165, 1.54) is 12.1 Å². The Kier molecular flexibility index (Phi) is 6.54. The van der Waals surface area contributed by atoms with Gasteiger partial charge in [0.15, 0.2) is 0 Å². The van der Waals surface area contributed by atoms with Gasteiger partial charge in [-0.25, -0.2) is 4.39 Å². The number of aliphatic hydroxyl groups excluding tert-OH is 1. The van der Waals surface area contributed by atoms with E-state index in [1.807, 2.05) is 0 Å². The first-order valence-corrected chi connectivity index (χ1v) is 5.49. The zero-order valence-corrected chi connectivity index (χ0v) is 9.91. The third-order valence-electron chi connectivity index (χ3n) is 2.17. The minimum Gasteiger partial charge on any atom is -0.491 e. The second-order valence-corrected chi connectivity index (χ2v) is 3.49. The Hall–Kier alpha value is -1.17. The first-order valence-electron chi connectivity index (χ1n) is 5.49. The molecule has 96 valence electrons. The Balaban J connectivity index is 2.56. The lowest BCUT2D eigenvalue weighted by Gasteiger charge is -2.11. The third kappa shape index (κ3) is 5.12. The number of halogens is 1. The van der Waals surface area contributed by atoms with Crippen molar-refractivity contribution in [2.45, 2.75) is 6.54 Å². The largest absolute Gasteiger partial charge is 0.491 e. The van der Waals surface area contributed by atoms with Crippen LogP contribution in [-0.2, 0) is 11.3 Å². The van der Waals surface area contributed by atoms with Crippen molar-refractivity contribution >= 4 is 0 Å². The molecule has 5 heteroatoms. The molecule has 0 aromatic heterocycles. The van der Waals surface area contributed by atoms with Crippen LogP contribution in [0.3, 0.4) is 0 Å². The summed E-state index contributed by atoms with van der Waals surface area (Å²) in [6.45, 7) is 1.93. The van der Waals surface area contributed by atoms with E-state index in [-0.39, 0.29) is 19.0 Å². The van der Waals surface area contributed by atoms with Crippen LogP contribution in [0.4, 0.5) is 4.39 Å². The highest BCUT2D eigenvalue weighted by molar-refractivity contribution is 5.33. The highest BCUT2D eigenvalue weighted by Gasteiger charge is 2.05. The van der Waals surface area contributed by atoms with Gasteiger partial charge in [-0.2, -0.15) is 0 Å². The van der Waals surface area contributed by atoms with Crippen LogP contribution in [0.2, 0.25) is 0 Å². The Morgan fingerprint density at radius 2 is 2.18 bits per heavy atom. The molecule has 0 spiro atoms. The van der Waals surface area contributed by atoms with Gasteiger partial charge in [-0.1, -0.05) is 0 Å². The fraction of sp³-hybridized carbons (Fsp3) is 0.500. The quantitative estimate of drug-likeness (QED) is 0.667. The molecular weight excluding hydrogens is 225 g/mol. The number of hydrogen-bond acceptors (Lipinski definition) is 4. The van der Waals surface area contributed by atoms with E-state index >= 15 is 0 Å². The fourth-order valence-corrected chi connectivity index (χ4v) is 1.38. The second kappa shape index (κ2) is 8.00. The average molecular weight is 243 g/mol. The molecule has 0 heterocycles. The van der Waals surface area contributed by atoms with Crippen LogP contribution in [0.1, 0.15) is 5.56 Å². The van der Waals surface area contributed by atoms with Crippen LogP contribution in [0.25, 0.3) is 0 Å². The predicted molar refractivity (Wildman–Crippen MR) is 62.6 cm³/mol. The van der Waals surface area contributed by atoms with Crippen molar-refractivity contribution in [1.82, 2.24) is 5.32 Å². The van der Waals surface area contributed by atoms with E-state index in [2.05, 4.69) is 5.32 Å². The van der Waals surface area contributed by atoms with Crippen molar-refractivity contribution in [2.24, 2.45) is 0 Å². The molecule has 1 rings (SSSR count). The molecule has 0 unspecified atom stereocenters. The smallest absolute Gasteiger partial charge is 0.124 e. The van der Waals surface area contributed by atoms with Gasteiger partial charge in [0.05, 0.1) is 13.2 Å². The number of rotatable bonds is 8. The van der Waals surface area contributed by atoms with Crippen LogP contribution in [0.5, 0.6) is 5.75 Å². The van der Waals surface area contributed by atoms with Gasteiger partial charge < -0.3 is 19.9 Å². The summed E-state index contributed by atoms with van der Waals surface area (Å²) >= 11 is 0. The van der Waals surface area contributed by atoms with Gasteiger partial charge in [0, 0.05) is 25.8 Å². The van der Waals surface area contributed by atoms with Crippen molar-refractivity contribution < 1.29 is 19.0 Å². The predicted octanol–water partition coefficient (Wildman–Crippen LogP) is 0.933. The zero-order chi connectivity index (χ0) is 12.5. The molecule has 2 N–H and O–H groups in total. The number of nitrogens with one attached hydrogen (secondary N) is 1. The van der Waals surface area contributed by atoms with Gasteiger partial charge in [0.2, 0.25) is 0 Å². The third-order valence-corrected chi connectivity index (χ3v) is 2.17. The maximum atomic E-state index is 13.1. The lowest BCUT2D eigenvalue weighted by molar-refractivity contribution is 0.196. The summed E-state index contributed by atoms with van der Waals surface area (Å²) in [5.74, 6) is 0.287. The van der Waals surface area contributed by atoms with Crippen LogP contribution in [0.15, 0.2) is 18.2 Å². The first kappa shape index (κ1) is 13.9. The molecule has 0 fully saturated rings. The van der Waals surface area contributed by atoms with E-state index in [0.717, 1.165) is 5.56 Å². The summed E-state index contributed by atoms with van der Waals surface area (Å²) in [7, 11) is 1.62. The van der Waals surface area contributed by atoms with Crippen molar-refractivity contribution in [1.29, 1.82) is 0 Å². The Morgan fingerprint density at radius 1 is 1.35 bits per heavy atom. The number of hydrogen-bond donors (Lipinski definition) is 2. The Bertz CT molecular complexity index is 334. The monoisotopic (exact) mass is 243 g/mol. The molecule has 0 radical (unpaired) electrons. The summed E-state index contributed by atoms with van der Waals surface area (Å²) in [6, 6.07) is 4.33. The van der Waals surface area contributed by atoms with E-state index in [9.17, 15) is 4.39 Å². The molecule has 0 aliphatic rings. The highest BCUT2D eigenvalue weighted by Crippen LogP contribution is 2.19. The lowest BCUT2D eigenvalue weighted by Crippen LogP contribution is -2.19. The van der Waals surface area contributed by atoms with Gasteiger partial charge in [0.25, 0.3) is 0 Å². The van der Waals surface area contributed by atoms with Crippen molar-refractivity contribution in [2.75, 3.05) is 33.5 Å². The standard InChI is InChI=1S/C12H18FNO3/c1-16-6-4-14-9-10-8-11(13)2-3-12(10)17-7-5-15/h2-3,8,14-15H,4-7,9H2,1H3. The molecule has 0 amide bonds. The molecular formula is C12H18FNO3. The molecule has 0 atom stereocenters. The maximum absolute atomic E-state index is 13.1. The summed E-state index contributed by atoms with van der Waals surface area (Å²) in [6.07, 6.45) is 0. The van der Waals surface area contributed by atoms with E-state index in [0.29, 0.717) is 25.4 Å². The topological polar surface area (TPSA) is 50.7 Å². The molecule has 1 aromatic carbocycles. The molecule has 0 saturated heterocycles. The molecule has 4 nitrogen and oxygen atoms in total. The average Bonchev–Trinajstić information content (AvgIpc) is 2.33. The summed E-state index contributed by atoms with van der Waals surface area (Å²) < 4.78 is 23.3. The molecule has 1 aromatic rings. The van der Waals surface area contributed by atoms with E-state index < -0.39 is 0 Å². The fourth-order valence-electron chi connectivity index (χ4n) is 1.38. The van der Waals surface area contributed by atoms with E-state index in [4.69, 9.17) is 14.6 Å². The normalized spacial score (nSPS) is 10.5. The van der Waals surface area contributed by atoms with Gasteiger partial charge >= 0.3 is 0 Å². The minimum atomic E-state index is -0.301. The molecule has 0 bridgehead atoms. The van der Waals surface area contributed by atoms with Crippen molar-refractivity contribution in [3.63, 3.8) is 0 Å². The SMILES string of the molecule is COCCNCc1cc(F)ccc1OCCO. The van der Waals surface area contributed by atoms with Crippen LogP contribution in [0, 0.1) is 5.82 Å².